The summed E-state index contributed by atoms with van der Waals surface area (Å²) in [6.07, 6.45) is 0.329. The summed E-state index contributed by atoms with van der Waals surface area (Å²) in [5.74, 6) is 0.684. The minimum atomic E-state index is -3.95. The Hall–Kier alpha value is -3.72. The van der Waals surface area contributed by atoms with Crippen LogP contribution in [0, 0.1) is 17.0 Å². The van der Waals surface area contributed by atoms with E-state index < -0.39 is 21.0 Å². The predicted octanol–water partition coefficient (Wildman–Crippen LogP) is 4.45. The second-order valence-corrected chi connectivity index (χ2v) is 9.23. The van der Waals surface area contributed by atoms with Gasteiger partial charge < -0.3 is 4.74 Å². The summed E-state index contributed by atoms with van der Waals surface area (Å²) < 4.78 is 33.2. The van der Waals surface area contributed by atoms with Crippen molar-refractivity contribution in [1.82, 2.24) is 4.41 Å². The minimum Gasteiger partial charge on any atom is -0.497 e. The number of nitro groups is 1. The van der Waals surface area contributed by atoms with Crippen LogP contribution in [-0.4, -0.2) is 30.6 Å². The number of rotatable bonds is 6. The van der Waals surface area contributed by atoms with E-state index in [1.165, 1.54) is 12.1 Å². The van der Waals surface area contributed by atoms with Crippen molar-refractivity contribution in [3.8, 4) is 5.75 Å². The zero-order valence-corrected chi connectivity index (χ0v) is 18.3. The Kier molecular flexibility index (Phi) is 5.67. The van der Waals surface area contributed by atoms with Gasteiger partial charge in [0, 0.05) is 18.6 Å². The monoisotopic (exact) mass is 451 g/mol. The SMILES string of the molecule is COc1ccc(C2=NN(S(=O)(=O)c3ccc(C)cc3)[C@@H](c3ccc([N+](=O)[O-])cc3)C2)cc1. The number of aryl methyl sites for hydroxylation is 1. The van der Waals surface area contributed by atoms with Gasteiger partial charge in [-0.2, -0.15) is 17.9 Å². The summed E-state index contributed by atoms with van der Waals surface area (Å²) in [5, 5.41) is 15.5. The molecule has 0 fully saturated rings. The molecular weight excluding hydrogens is 430 g/mol. The molecule has 0 spiro atoms. The van der Waals surface area contributed by atoms with Crippen molar-refractivity contribution in [3.05, 3.63) is 99.6 Å². The first-order valence-electron chi connectivity index (χ1n) is 9.87. The Morgan fingerprint density at radius 2 is 1.62 bits per heavy atom. The Labute approximate surface area is 186 Å². The third-order valence-corrected chi connectivity index (χ3v) is 7.05. The zero-order valence-electron chi connectivity index (χ0n) is 17.5. The quantitative estimate of drug-likeness (QED) is 0.407. The zero-order chi connectivity index (χ0) is 22.9. The highest BCUT2D eigenvalue weighted by atomic mass is 32.2. The number of nitro benzene ring substituents is 1. The molecule has 0 saturated heterocycles. The number of ether oxygens (including phenoxy) is 1. The van der Waals surface area contributed by atoms with Crippen LogP contribution in [0.5, 0.6) is 5.75 Å². The molecule has 32 heavy (non-hydrogen) atoms. The van der Waals surface area contributed by atoms with Crippen LogP contribution in [-0.2, 0) is 10.0 Å². The number of methoxy groups -OCH3 is 1. The van der Waals surface area contributed by atoms with E-state index in [4.69, 9.17) is 4.74 Å². The molecule has 9 heteroatoms. The molecule has 0 amide bonds. The van der Waals surface area contributed by atoms with Crippen molar-refractivity contribution in [2.24, 2.45) is 5.10 Å². The molecule has 0 bridgehead atoms. The highest BCUT2D eigenvalue weighted by Gasteiger charge is 2.37. The van der Waals surface area contributed by atoms with Crippen molar-refractivity contribution >= 4 is 21.4 Å². The number of hydrogen-bond acceptors (Lipinski definition) is 6. The van der Waals surface area contributed by atoms with Crippen molar-refractivity contribution in [2.75, 3.05) is 7.11 Å². The van der Waals surface area contributed by atoms with Crippen molar-refractivity contribution < 1.29 is 18.1 Å². The molecule has 0 radical (unpaired) electrons. The van der Waals surface area contributed by atoms with Gasteiger partial charge in [-0.25, -0.2) is 0 Å². The first-order chi connectivity index (χ1) is 15.3. The molecule has 0 aromatic heterocycles. The Morgan fingerprint density at radius 3 is 2.19 bits per heavy atom. The van der Waals surface area contributed by atoms with Crippen molar-refractivity contribution in [3.63, 3.8) is 0 Å². The lowest BCUT2D eigenvalue weighted by atomic mass is 9.99. The van der Waals surface area contributed by atoms with Gasteiger partial charge in [0.1, 0.15) is 5.75 Å². The maximum Gasteiger partial charge on any atom is 0.279 e. The van der Waals surface area contributed by atoms with Crippen LogP contribution in [0.25, 0.3) is 0 Å². The van der Waals surface area contributed by atoms with Gasteiger partial charge >= 0.3 is 0 Å². The highest BCUT2D eigenvalue weighted by molar-refractivity contribution is 7.89. The molecule has 0 N–H and O–H groups in total. The van der Waals surface area contributed by atoms with Gasteiger partial charge in [-0.15, -0.1) is 0 Å². The first-order valence-corrected chi connectivity index (χ1v) is 11.3. The van der Waals surface area contributed by atoms with Crippen LogP contribution >= 0.6 is 0 Å². The summed E-state index contributed by atoms with van der Waals surface area (Å²) in [6.45, 7) is 1.88. The maximum atomic E-state index is 13.5. The summed E-state index contributed by atoms with van der Waals surface area (Å²) >= 11 is 0. The van der Waals surface area contributed by atoms with Gasteiger partial charge in [0.25, 0.3) is 15.7 Å². The Bertz CT molecular complexity index is 1270. The molecule has 1 atom stereocenters. The second-order valence-electron chi connectivity index (χ2n) is 7.43. The standard InChI is InChI=1S/C23H21N3O5S/c1-16-3-13-21(14-4-16)32(29,30)25-23(18-5-9-19(10-6-18)26(27)28)15-22(24-25)17-7-11-20(31-2)12-8-17/h3-14,23H,15H2,1-2H3/t23-/m1/s1. The largest absolute Gasteiger partial charge is 0.497 e. The van der Waals surface area contributed by atoms with Crippen LogP contribution in [0.1, 0.15) is 29.2 Å². The van der Waals surface area contributed by atoms with E-state index >= 15 is 0 Å². The highest BCUT2D eigenvalue weighted by Crippen LogP contribution is 2.37. The van der Waals surface area contributed by atoms with Gasteiger partial charge in [-0.1, -0.05) is 29.8 Å². The molecule has 164 valence electrons. The van der Waals surface area contributed by atoms with Crippen LogP contribution < -0.4 is 4.74 Å². The molecular formula is C23H21N3O5S. The number of sulfonamides is 1. The molecule has 3 aromatic carbocycles. The lowest BCUT2D eigenvalue weighted by molar-refractivity contribution is -0.384. The maximum absolute atomic E-state index is 13.5. The van der Waals surface area contributed by atoms with Gasteiger partial charge in [-0.05, 0) is 54.4 Å². The third-order valence-electron chi connectivity index (χ3n) is 5.35. The van der Waals surface area contributed by atoms with E-state index in [0.717, 1.165) is 15.5 Å². The van der Waals surface area contributed by atoms with E-state index in [2.05, 4.69) is 5.10 Å². The molecule has 1 aliphatic heterocycles. The fraction of sp³-hybridized carbons (Fsp3) is 0.174. The molecule has 3 aromatic rings. The molecule has 0 saturated carbocycles. The number of benzene rings is 3. The number of hydrazone groups is 1. The average Bonchev–Trinajstić information content (AvgIpc) is 3.26. The third kappa shape index (κ3) is 4.06. The predicted molar refractivity (Wildman–Crippen MR) is 120 cm³/mol. The fourth-order valence-corrected chi connectivity index (χ4v) is 4.99. The Balaban J connectivity index is 1.77. The molecule has 0 aliphatic carbocycles. The lowest BCUT2D eigenvalue weighted by Crippen LogP contribution is -2.27. The van der Waals surface area contributed by atoms with Crippen molar-refractivity contribution in [1.29, 1.82) is 0 Å². The fourth-order valence-electron chi connectivity index (χ4n) is 3.55. The minimum absolute atomic E-state index is 0.0593. The van der Waals surface area contributed by atoms with Crippen LogP contribution in [0.4, 0.5) is 5.69 Å². The van der Waals surface area contributed by atoms with Crippen LogP contribution in [0.2, 0.25) is 0 Å². The van der Waals surface area contributed by atoms with Gasteiger partial charge in [0.05, 0.1) is 28.7 Å². The molecule has 1 heterocycles. The summed E-state index contributed by atoms with van der Waals surface area (Å²) in [7, 11) is -2.37. The van der Waals surface area contributed by atoms with E-state index in [9.17, 15) is 18.5 Å². The molecule has 8 nitrogen and oxygen atoms in total. The van der Waals surface area contributed by atoms with E-state index in [-0.39, 0.29) is 10.6 Å². The van der Waals surface area contributed by atoms with Gasteiger partial charge in [0.2, 0.25) is 0 Å². The van der Waals surface area contributed by atoms with Gasteiger partial charge in [-0.3, -0.25) is 10.1 Å². The van der Waals surface area contributed by atoms with Gasteiger partial charge in [0.15, 0.2) is 0 Å². The van der Waals surface area contributed by atoms with E-state index in [1.807, 2.05) is 19.1 Å². The summed E-state index contributed by atoms with van der Waals surface area (Å²) in [5.41, 5.74) is 2.89. The molecule has 1 aliphatic rings. The second kappa shape index (κ2) is 8.43. The topological polar surface area (TPSA) is 102 Å². The Morgan fingerprint density at radius 1 is 1.00 bits per heavy atom. The van der Waals surface area contributed by atoms with Crippen LogP contribution in [0.15, 0.2) is 82.8 Å². The molecule has 4 rings (SSSR count). The first kappa shape index (κ1) is 21.5. The van der Waals surface area contributed by atoms with Crippen molar-refractivity contribution in [2.45, 2.75) is 24.3 Å². The smallest absolute Gasteiger partial charge is 0.279 e. The average molecular weight is 452 g/mol. The van der Waals surface area contributed by atoms with E-state index in [1.54, 1.807) is 55.6 Å². The number of hydrogen-bond donors (Lipinski definition) is 0. The summed E-state index contributed by atoms with van der Waals surface area (Å²) in [6, 6.07) is 19.1. The summed E-state index contributed by atoms with van der Waals surface area (Å²) in [4.78, 5) is 10.7. The number of non-ortho nitro benzene ring substituents is 1. The lowest BCUT2D eigenvalue weighted by Gasteiger charge is -2.23. The van der Waals surface area contributed by atoms with E-state index in [0.29, 0.717) is 23.4 Å². The van der Waals surface area contributed by atoms with Crippen LogP contribution in [0.3, 0.4) is 0 Å². The normalized spacial score (nSPS) is 16.0. The molecule has 0 unspecified atom stereocenters. The number of nitrogens with zero attached hydrogens (tertiary/aromatic N) is 3.